The first-order chi connectivity index (χ1) is 26.1. The average molecular weight is 796 g/mol. The van der Waals surface area contributed by atoms with Crippen LogP contribution in [0.15, 0.2) is 120 Å². The molecule has 0 aromatic heterocycles. The van der Waals surface area contributed by atoms with Crippen molar-refractivity contribution >= 4 is 21.8 Å². The van der Waals surface area contributed by atoms with Crippen molar-refractivity contribution in [3.05, 3.63) is 149 Å². The van der Waals surface area contributed by atoms with Crippen LogP contribution in [0.1, 0.15) is 43.0 Å². The van der Waals surface area contributed by atoms with E-state index in [1.165, 1.54) is 82.6 Å². The molecule has 0 radical (unpaired) electrons. The number of alkyl halides is 6. The zero-order chi connectivity index (χ0) is 40.4. The summed E-state index contributed by atoms with van der Waals surface area (Å²) < 4.78 is 104. The van der Waals surface area contributed by atoms with E-state index >= 15 is 0 Å². The van der Waals surface area contributed by atoms with E-state index in [1.54, 1.807) is 18.2 Å². The average Bonchev–Trinajstić information content (AvgIpc) is 3.13. The first kappa shape index (κ1) is 38.7. The third-order valence-corrected chi connectivity index (χ3v) is 11.0. The number of amides is 2. The van der Waals surface area contributed by atoms with Crippen molar-refractivity contribution in [2.75, 3.05) is 26.2 Å². The van der Waals surface area contributed by atoms with Gasteiger partial charge >= 0.3 is 12.4 Å². The van der Waals surface area contributed by atoms with Crippen molar-refractivity contribution in [2.24, 2.45) is 5.14 Å². The van der Waals surface area contributed by atoms with Gasteiger partial charge in [0.2, 0.25) is 10.0 Å². The molecule has 2 heterocycles. The minimum absolute atomic E-state index is 0.0322. The zero-order valence-electron chi connectivity index (χ0n) is 29.0. The number of rotatable bonds is 7. The second-order valence-corrected chi connectivity index (χ2v) is 15.5. The van der Waals surface area contributed by atoms with Gasteiger partial charge in [0.15, 0.2) is 0 Å². The van der Waals surface area contributed by atoms with E-state index in [1.807, 2.05) is 0 Å². The molecule has 0 atom stereocenters. The lowest BCUT2D eigenvalue weighted by Crippen LogP contribution is -2.61. The number of hydrogen-bond donors (Lipinski definition) is 3. The molecule has 0 spiro atoms. The summed E-state index contributed by atoms with van der Waals surface area (Å²) >= 11 is 0. The molecular formula is C40H31F6N3O6S. The molecule has 0 saturated carbocycles. The Kier molecular flexibility index (Phi) is 9.39. The van der Waals surface area contributed by atoms with Crippen molar-refractivity contribution in [1.82, 2.24) is 9.80 Å². The summed E-state index contributed by atoms with van der Waals surface area (Å²) in [6.07, 6.45) is -9.19. The van der Waals surface area contributed by atoms with Crippen LogP contribution in [0.5, 0.6) is 0 Å². The number of nitrogens with zero attached hydrogens (tertiary/aromatic N) is 2. The molecule has 0 bridgehead atoms. The van der Waals surface area contributed by atoms with E-state index in [-0.39, 0.29) is 58.9 Å². The molecule has 2 aliphatic heterocycles. The molecule has 0 aliphatic carbocycles. The lowest BCUT2D eigenvalue weighted by molar-refractivity contribution is -0.139. The molecule has 9 nitrogen and oxygen atoms in total. The third kappa shape index (κ3) is 7.40. The van der Waals surface area contributed by atoms with Gasteiger partial charge in [0.1, 0.15) is 11.2 Å². The van der Waals surface area contributed by atoms with Gasteiger partial charge in [0, 0.05) is 16.7 Å². The van der Waals surface area contributed by atoms with E-state index in [0.717, 1.165) is 24.3 Å². The van der Waals surface area contributed by atoms with Crippen molar-refractivity contribution in [3.63, 3.8) is 0 Å². The third-order valence-electron chi connectivity index (χ3n) is 10.0. The molecule has 0 unspecified atom stereocenters. The maximum atomic E-state index is 13.2. The predicted molar refractivity (Wildman–Crippen MR) is 191 cm³/mol. The van der Waals surface area contributed by atoms with Gasteiger partial charge in [-0.05, 0) is 88.5 Å². The van der Waals surface area contributed by atoms with Gasteiger partial charge in [0.25, 0.3) is 11.8 Å². The summed E-state index contributed by atoms with van der Waals surface area (Å²) in [5, 5.41) is 27.4. The summed E-state index contributed by atoms with van der Waals surface area (Å²) in [6, 6.07) is 25.2. The van der Waals surface area contributed by atoms with E-state index < -0.39 is 56.5 Å². The van der Waals surface area contributed by atoms with Crippen LogP contribution in [0.25, 0.3) is 22.3 Å². The summed E-state index contributed by atoms with van der Waals surface area (Å²) in [5.74, 6) is -0.950. The van der Waals surface area contributed by atoms with Gasteiger partial charge in [-0.1, -0.05) is 54.6 Å². The number of benzene rings is 5. The standard InChI is InChI=1S/C40H31F6N3O6S/c41-39(42,43)31-5-1-3-29(18-31)37(52)20-48(21-37)35(50)26-11-7-24(8-12-26)28-15-16-34(56(47,54)55)33(17-28)25-9-13-27(14-10-25)36(51)49-22-38(53,23-49)30-4-2-6-32(19-30)40(44,45)46/h1-19,52-53H,20-23H2,(H2,47,54,55). The van der Waals surface area contributed by atoms with Crippen LogP contribution in [0.4, 0.5) is 26.3 Å². The fraction of sp³-hybridized carbons (Fsp3) is 0.200. The normalized spacial score (nSPS) is 16.5. The van der Waals surface area contributed by atoms with Gasteiger partial charge in [-0.3, -0.25) is 9.59 Å². The van der Waals surface area contributed by atoms with Crippen LogP contribution >= 0.6 is 0 Å². The summed E-state index contributed by atoms with van der Waals surface area (Å²) in [7, 11) is -4.23. The van der Waals surface area contributed by atoms with Gasteiger partial charge < -0.3 is 20.0 Å². The SMILES string of the molecule is NS(=O)(=O)c1ccc(-c2ccc(C(=O)N3CC(O)(c4cccc(C(F)(F)F)c4)C3)cc2)cc1-c1ccc(C(=O)N2CC(O)(c3cccc(C(F)(F)F)c3)C2)cc1. The number of halogens is 6. The molecule has 7 rings (SSSR count). The number of carbonyl (C=O) groups is 2. The number of likely N-dealkylation sites (tertiary alicyclic amines) is 2. The molecule has 56 heavy (non-hydrogen) atoms. The fourth-order valence-corrected chi connectivity index (χ4v) is 7.68. The van der Waals surface area contributed by atoms with E-state index in [9.17, 15) is 54.6 Å². The van der Waals surface area contributed by atoms with Crippen LogP contribution in [0, 0.1) is 0 Å². The maximum absolute atomic E-state index is 13.2. The molecular weight excluding hydrogens is 765 g/mol. The number of nitrogens with two attached hydrogens (primary N) is 1. The summed E-state index contributed by atoms with van der Waals surface area (Å²) in [6.45, 7) is -0.899. The number of carbonyl (C=O) groups excluding carboxylic acids is 2. The van der Waals surface area contributed by atoms with E-state index in [4.69, 9.17) is 5.14 Å². The molecule has 5 aromatic carbocycles. The smallest absolute Gasteiger partial charge is 0.381 e. The number of β-amino-alcohol motifs (C(OH)–C–C–N with tert-alkyl or cyclic N) is 2. The van der Waals surface area contributed by atoms with Crippen molar-refractivity contribution in [1.29, 1.82) is 0 Å². The van der Waals surface area contributed by atoms with Crippen LogP contribution in [-0.4, -0.2) is 66.4 Å². The number of aliphatic hydroxyl groups is 2. The van der Waals surface area contributed by atoms with Crippen LogP contribution in [-0.2, 0) is 33.6 Å². The Morgan fingerprint density at radius 3 is 1.36 bits per heavy atom. The van der Waals surface area contributed by atoms with Gasteiger partial charge in [0.05, 0.1) is 42.2 Å². The molecule has 2 aliphatic rings. The zero-order valence-corrected chi connectivity index (χ0v) is 29.8. The minimum Gasteiger partial charge on any atom is -0.381 e. The van der Waals surface area contributed by atoms with Crippen molar-refractivity contribution in [3.8, 4) is 22.3 Å². The van der Waals surface area contributed by atoms with Crippen LogP contribution < -0.4 is 5.14 Å². The molecule has 2 amide bonds. The first-order valence-electron chi connectivity index (χ1n) is 16.9. The Morgan fingerprint density at radius 1 is 0.571 bits per heavy atom. The fourth-order valence-electron chi connectivity index (χ4n) is 6.94. The van der Waals surface area contributed by atoms with Gasteiger partial charge in [-0.2, -0.15) is 26.3 Å². The lowest BCUT2D eigenvalue weighted by Gasteiger charge is -2.47. The number of hydrogen-bond acceptors (Lipinski definition) is 6. The van der Waals surface area contributed by atoms with Crippen LogP contribution in [0.3, 0.4) is 0 Å². The van der Waals surface area contributed by atoms with E-state index in [0.29, 0.717) is 16.7 Å². The molecule has 5 aromatic rings. The maximum Gasteiger partial charge on any atom is 0.416 e. The number of sulfonamides is 1. The highest BCUT2D eigenvalue weighted by Gasteiger charge is 2.47. The minimum atomic E-state index is -4.60. The molecule has 2 fully saturated rings. The van der Waals surface area contributed by atoms with Crippen molar-refractivity contribution in [2.45, 2.75) is 28.5 Å². The monoisotopic (exact) mass is 795 g/mol. The first-order valence-corrected chi connectivity index (χ1v) is 18.5. The highest BCUT2D eigenvalue weighted by Crippen LogP contribution is 2.39. The Morgan fingerprint density at radius 2 is 0.964 bits per heavy atom. The summed E-state index contributed by atoms with van der Waals surface area (Å²) in [5.41, 5.74) is -2.89. The second-order valence-electron chi connectivity index (χ2n) is 14.0. The largest absolute Gasteiger partial charge is 0.416 e. The van der Waals surface area contributed by atoms with Gasteiger partial charge in [-0.15, -0.1) is 0 Å². The number of primary sulfonamides is 1. The predicted octanol–water partition coefficient (Wildman–Crippen LogP) is 6.39. The Bertz CT molecular complexity index is 2460. The van der Waals surface area contributed by atoms with Crippen LogP contribution in [0.2, 0.25) is 0 Å². The molecule has 290 valence electrons. The highest BCUT2D eigenvalue weighted by atomic mass is 32.2. The van der Waals surface area contributed by atoms with E-state index in [2.05, 4.69) is 0 Å². The van der Waals surface area contributed by atoms with Gasteiger partial charge in [-0.25, -0.2) is 13.6 Å². The Hall–Kier alpha value is -5.55. The van der Waals surface area contributed by atoms with Crippen molar-refractivity contribution < 1.29 is 54.6 Å². The summed E-state index contributed by atoms with van der Waals surface area (Å²) in [4.78, 5) is 28.8. The molecule has 4 N–H and O–H groups in total. The quantitative estimate of drug-likeness (QED) is 0.163. The molecule has 2 saturated heterocycles. The topological polar surface area (TPSA) is 141 Å². The second kappa shape index (κ2) is 13.6. The Balaban J connectivity index is 1.05. The lowest BCUT2D eigenvalue weighted by atomic mass is 9.84. The molecule has 16 heteroatoms. The highest BCUT2D eigenvalue weighted by molar-refractivity contribution is 7.89. The Labute approximate surface area is 316 Å².